The van der Waals surface area contributed by atoms with Gasteiger partial charge in [0.1, 0.15) is 5.75 Å². The highest BCUT2D eigenvalue weighted by Crippen LogP contribution is 2.67. The number of hydrogen-bond donors (Lipinski definition) is 0. The molecule has 1 aromatic carbocycles. The maximum Gasteiger partial charge on any atom is 0.224 e. The van der Waals surface area contributed by atoms with Crippen LogP contribution in [0.2, 0.25) is 0 Å². The lowest BCUT2D eigenvalue weighted by Gasteiger charge is -2.58. The molecule has 6 heteroatoms. The van der Waals surface area contributed by atoms with Crippen LogP contribution in [0.25, 0.3) is 0 Å². The second kappa shape index (κ2) is 6.02. The van der Waals surface area contributed by atoms with Crippen LogP contribution in [0, 0.1) is 10.3 Å². The third kappa shape index (κ3) is 1.95. The van der Waals surface area contributed by atoms with Crippen LogP contribution in [0.3, 0.4) is 0 Å². The number of methoxy groups -OCH3 is 1. The van der Waals surface area contributed by atoms with Crippen LogP contribution in [0.1, 0.15) is 57.9 Å². The first-order valence-corrected chi connectivity index (χ1v) is 10.6. The fourth-order valence-electron chi connectivity index (χ4n) is 7.49. The molecule has 28 heavy (non-hydrogen) atoms. The quantitative estimate of drug-likeness (QED) is 0.737. The number of fused-ring (bicyclic) bond motifs is 1. The zero-order chi connectivity index (χ0) is 19.7. The number of nitroso groups, excluding NO2 is 1. The molecule has 1 aliphatic carbocycles. The van der Waals surface area contributed by atoms with Gasteiger partial charge in [0.15, 0.2) is 5.69 Å². The second-order valence-electron chi connectivity index (χ2n) is 9.10. The first kappa shape index (κ1) is 18.1. The summed E-state index contributed by atoms with van der Waals surface area (Å²) < 4.78 is 5.43. The van der Waals surface area contributed by atoms with Gasteiger partial charge >= 0.3 is 0 Å². The number of rotatable bonds is 3. The fourth-order valence-corrected chi connectivity index (χ4v) is 7.49. The molecular weight excluding hydrogens is 354 g/mol. The van der Waals surface area contributed by atoms with Crippen molar-refractivity contribution in [1.82, 2.24) is 4.90 Å². The Kier molecular flexibility index (Phi) is 3.89. The molecule has 4 unspecified atom stereocenters. The van der Waals surface area contributed by atoms with Crippen LogP contribution in [-0.4, -0.2) is 43.1 Å². The Morgan fingerprint density at radius 2 is 2.11 bits per heavy atom. The molecule has 6 nitrogen and oxygen atoms in total. The van der Waals surface area contributed by atoms with E-state index >= 15 is 0 Å². The lowest BCUT2D eigenvalue weighted by Crippen LogP contribution is -2.65. The summed E-state index contributed by atoms with van der Waals surface area (Å²) in [5, 5.41) is 3.34. The molecule has 0 aromatic heterocycles. The Balaban J connectivity index is 1.79. The minimum Gasteiger partial charge on any atom is -0.494 e. The van der Waals surface area contributed by atoms with Crippen molar-refractivity contribution in [2.24, 2.45) is 10.6 Å². The molecule has 1 amide bonds. The van der Waals surface area contributed by atoms with E-state index in [1.807, 2.05) is 11.0 Å². The van der Waals surface area contributed by atoms with Crippen LogP contribution < -0.4 is 9.64 Å². The Labute approximate surface area is 166 Å². The molecule has 0 radical (unpaired) electrons. The average molecular weight is 383 g/mol. The maximum absolute atomic E-state index is 12.8. The third-order valence-corrected chi connectivity index (χ3v) is 8.40. The first-order chi connectivity index (χ1) is 13.5. The Hall–Kier alpha value is -1.95. The van der Waals surface area contributed by atoms with E-state index in [-0.39, 0.29) is 23.1 Å². The SMILES string of the molecule is CCC12CCCN3CCC4(c5ccc(OC)c(N=O)c5N(C(C)=O)C4CC1)C32. The van der Waals surface area contributed by atoms with E-state index in [4.69, 9.17) is 4.74 Å². The zero-order valence-corrected chi connectivity index (χ0v) is 17.0. The number of anilines is 1. The van der Waals surface area contributed by atoms with Crippen LogP contribution in [-0.2, 0) is 10.2 Å². The predicted octanol–water partition coefficient (Wildman–Crippen LogP) is 4.12. The smallest absolute Gasteiger partial charge is 0.224 e. The second-order valence-corrected chi connectivity index (χ2v) is 9.10. The molecule has 150 valence electrons. The van der Waals surface area contributed by atoms with E-state index in [2.05, 4.69) is 23.1 Å². The minimum absolute atomic E-state index is 0.000430. The minimum atomic E-state index is -0.0958. The summed E-state index contributed by atoms with van der Waals surface area (Å²) in [5.74, 6) is 0.454. The fraction of sp³-hybridized carbons (Fsp3) is 0.682. The summed E-state index contributed by atoms with van der Waals surface area (Å²) in [6.45, 7) is 6.17. The summed E-state index contributed by atoms with van der Waals surface area (Å²) in [6.07, 6.45) is 6.89. The molecular formula is C22H29N3O3. The molecule has 1 aromatic rings. The van der Waals surface area contributed by atoms with Crippen molar-refractivity contribution in [2.75, 3.05) is 25.1 Å². The first-order valence-electron chi connectivity index (χ1n) is 10.6. The summed E-state index contributed by atoms with van der Waals surface area (Å²) >= 11 is 0. The van der Waals surface area contributed by atoms with E-state index in [0.29, 0.717) is 22.9 Å². The van der Waals surface area contributed by atoms with Gasteiger partial charge in [-0.25, -0.2) is 0 Å². The van der Waals surface area contributed by atoms with Gasteiger partial charge < -0.3 is 9.64 Å². The van der Waals surface area contributed by atoms with E-state index in [1.165, 1.54) is 19.3 Å². The number of carbonyl (C=O) groups is 1. The maximum atomic E-state index is 12.8. The third-order valence-electron chi connectivity index (χ3n) is 8.40. The molecule has 3 heterocycles. The Bertz CT molecular complexity index is 856. The van der Waals surface area contributed by atoms with Gasteiger partial charge in [0, 0.05) is 24.4 Å². The highest BCUT2D eigenvalue weighted by Gasteiger charge is 2.68. The van der Waals surface area contributed by atoms with E-state index in [1.54, 1.807) is 14.0 Å². The molecule has 3 fully saturated rings. The van der Waals surface area contributed by atoms with Crippen molar-refractivity contribution in [1.29, 1.82) is 0 Å². The zero-order valence-electron chi connectivity index (χ0n) is 17.0. The topological polar surface area (TPSA) is 62.2 Å². The number of amides is 1. The van der Waals surface area contributed by atoms with Crippen molar-refractivity contribution in [3.63, 3.8) is 0 Å². The molecule has 4 aliphatic rings. The molecule has 1 saturated carbocycles. The van der Waals surface area contributed by atoms with Crippen LogP contribution in [0.4, 0.5) is 11.4 Å². The van der Waals surface area contributed by atoms with Crippen LogP contribution >= 0.6 is 0 Å². The molecule has 0 N–H and O–H groups in total. The van der Waals surface area contributed by atoms with Gasteiger partial charge in [-0.05, 0) is 73.8 Å². The number of carbonyl (C=O) groups excluding carboxylic acids is 1. The lowest BCUT2D eigenvalue weighted by molar-refractivity contribution is -0.118. The van der Waals surface area contributed by atoms with Crippen molar-refractivity contribution in [3.05, 3.63) is 22.6 Å². The molecule has 4 atom stereocenters. The van der Waals surface area contributed by atoms with Crippen molar-refractivity contribution >= 4 is 17.3 Å². The Morgan fingerprint density at radius 1 is 1.29 bits per heavy atom. The van der Waals surface area contributed by atoms with Gasteiger partial charge in [0.05, 0.1) is 12.8 Å². The number of piperidine rings is 1. The largest absolute Gasteiger partial charge is 0.494 e. The highest BCUT2D eigenvalue weighted by atomic mass is 16.5. The van der Waals surface area contributed by atoms with Crippen LogP contribution in [0.15, 0.2) is 17.3 Å². The van der Waals surface area contributed by atoms with Crippen molar-refractivity contribution in [2.45, 2.75) is 69.9 Å². The molecule has 2 saturated heterocycles. The summed E-state index contributed by atoms with van der Waals surface area (Å²) in [4.78, 5) is 29.3. The van der Waals surface area contributed by atoms with Crippen LogP contribution in [0.5, 0.6) is 5.75 Å². The molecule has 3 aliphatic heterocycles. The highest BCUT2D eigenvalue weighted by molar-refractivity contribution is 6.00. The number of ether oxygens (including phenoxy) is 1. The van der Waals surface area contributed by atoms with Gasteiger partial charge in [-0.2, -0.15) is 0 Å². The van der Waals surface area contributed by atoms with Gasteiger partial charge in [-0.15, -0.1) is 4.91 Å². The monoisotopic (exact) mass is 383 g/mol. The van der Waals surface area contributed by atoms with Crippen molar-refractivity contribution < 1.29 is 9.53 Å². The lowest BCUT2D eigenvalue weighted by atomic mass is 9.52. The Morgan fingerprint density at radius 3 is 2.79 bits per heavy atom. The van der Waals surface area contributed by atoms with Gasteiger partial charge in [0.25, 0.3) is 0 Å². The van der Waals surface area contributed by atoms with Gasteiger partial charge in [-0.1, -0.05) is 13.0 Å². The number of nitrogens with zero attached hydrogens (tertiary/aromatic N) is 3. The normalized spacial score (nSPS) is 35.9. The number of hydrogen-bond acceptors (Lipinski definition) is 5. The van der Waals surface area contributed by atoms with Gasteiger partial charge in [-0.3, -0.25) is 9.69 Å². The van der Waals surface area contributed by atoms with Gasteiger partial charge in [0.2, 0.25) is 5.91 Å². The number of benzene rings is 1. The standard InChI is InChI=1S/C22H29N3O3/c1-4-21-9-5-12-24-13-11-22(20(21)24)15-6-7-16(28-3)18(23-27)19(15)25(14(2)26)17(22)8-10-21/h6-7,17,20H,4-5,8-13H2,1-3H3. The molecule has 1 spiro atoms. The summed E-state index contributed by atoms with van der Waals surface area (Å²) in [5.41, 5.74) is 2.36. The summed E-state index contributed by atoms with van der Waals surface area (Å²) in [7, 11) is 1.55. The molecule has 0 bridgehead atoms. The summed E-state index contributed by atoms with van der Waals surface area (Å²) in [6, 6.07) is 4.54. The molecule has 5 rings (SSSR count). The van der Waals surface area contributed by atoms with E-state index in [0.717, 1.165) is 37.9 Å². The van der Waals surface area contributed by atoms with E-state index < -0.39 is 0 Å². The average Bonchev–Trinajstić information content (AvgIpc) is 3.25. The van der Waals surface area contributed by atoms with E-state index in [9.17, 15) is 9.70 Å². The predicted molar refractivity (Wildman–Crippen MR) is 108 cm³/mol. The van der Waals surface area contributed by atoms with Crippen molar-refractivity contribution in [3.8, 4) is 5.75 Å².